The van der Waals surface area contributed by atoms with Crippen LogP contribution in [0.2, 0.25) is 0 Å². The van der Waals surface area contributed by atoms with Crippen LogP contribution in [0.5, 0.6) is 0 Å². The van der Waals surface area contributed by atoms with Crippen molar-refractivity contribution in [3.05, 3.63) is 75.7 Å². The average molecular weight is 298 g/mol. The lowest BCUT2D eigenvalue weighted by Gasteiger charge is -2.14. The molecule has 1 aliphatic carbocycles. The number of aromatic amines is 1. The van der Waals surface area contributed by atoms with Gasteiger partial charge in [0.1, 0.15) is 11.6 Å². The summed E-state index contributed by atoms with van der Waals surface area (Å²) in [6, 6.07) is 10.2. The highest BCUT2D eigenvalue weighted by Crippen LogP contribution is 2.31. The molecule has 0 fully saturated rings. The number of rotatable bonds is 1. The van der Waals surface area contributed by atoms with Gasteiger partial charge in [0.15, 0.2) is 0 Å². The van der Waals surface area contributed by atoms with Crippen LogP contribution in [0, 0.1) is 11.6 Å². The Balaban J connectivity index is 1.92. The van der Waals surface area contributed by atoms with E-state index in [9.17, 15) is 13.6 Å². The van der Waals surface area contributed by atoms with E-state index in [1.54, 1.807) is 18.2 Å². The maximum atomic E-state index is 13.4. The maximum absolute atomic E-state index is 13.4. The molecule has 0 bridgehead atoms. The molecule has 3 nitrogen and oxygen atoms in total. The van der Waals surface area contributed by atoms with Gasteiger partial charge in [-0.15, -0.1) is 0 Å². The van der Waals surface area contributed by atoms with Crippen molar-refractivity contribution >= 4 is 0 Å². The number of nitrogens with zero attached hydrogens (tertiary/aromatic N) is 1. The normalized spacial score (nSPS) is 12.8. The van der Waals surface area contributed by atoms with Gasteiger partial charge in [0, 0.05) is 5.69 Å². The lowest BCUT2D eigenvalue weighted by Crippen LogP contribution is -2.16. The third-order valence-corrected chi connectivity index (χ3v) is 4.03. The van der Waals surface area contributed by atoms with Crippen molar-refractivity contribution in [3.63, 3.8) is 0 Å². The van der Waals surface area contributed by atoms with E-state index < -0.39 is 0 Å². The second-order valence-corrected chi connectivity index (χ2v) is 5.38. The lowest BCUT2D eigenvalue weighted by molar-refractivity contribution is 0.624. The first-order chi connectivity index (χ1) is 10.6. The van der Waals surface area contributed by atoms with Gasteiger partial charge in [0.05, 0.1) is 11.3 Å². The number of aryl methyl sites for hydroxylation is 2. The van der Waals surface area contributed by atoms with Crippen molar-refractivity contribution in [2.24, 2.45) is 0 Å². The van der Waals surface area contributed by atoms with Crippen LogP contribution in [0.25, 0.3) is 16.8 Å². The molecule has 22 heavy (non-hydrogen) atoms. The number of fused-ring (bicyclic) bond motifs is 3. The summed E-state index contributed by atoms with van der Waals surface area (Å²) in [4.78, 5) is 12.7. The van der Waals surface area contributed by atoms with E-state index in [-0.39, 0.29) is 17.2 Å². The van der Waals surface area contributed by atoms with Crippen LogP contribution >= 0.6 is 0 Å². The summed E-state index contributed by atoms with van der Waals surface area (Å²) in [5, 5.41) is 3.08. The Labute approximate surface area is 124 Å². The molecule has 0 amide bonds. The van der Waals surface area contributed by atoms with Gasteiger partial charge in [-0.2, -0.15) is 0 Å². The average Bonchev–Trinajstić information content (AvgIpc) is 2.85. The van der Waals surface area contributed by atoms with Crippen molar-refractivity contribution in [2.75, 3.05) is 0 Å². The van der Waals surface area contributed by atoms with Crippen LogP contribution < -0.4 is 5.56 Å². The van der Waals surface area contributed by atoms with Crippen LogP contribution in [0.1, 0.15) is 11.3 Å². The Morgan fingerprint density at radius 2 is 1.68 bits per heavy atom. The molecule has 0 spiro atoms. The van der Waals surface area contributed by atoms with Crippen molar-refractivity contribution in [3.8, 4) is 16.8 Å². The SMILES string of the molecule is O=c1c2c([nH]n1-c1ccc(F)cc1)CCc1cc(F)ccc1-2. The minimum atomic E-state index is -0.353. The third-order valence-electron chi connectivity index (χ3n) is 4.03. The largest absolute Gasteiger partial charge is 0.294 e. The number of nitrogens with one attached hydrogen (secondary N) is 1. The van der Waals surface area contributed by atoms with Gasteiger partial charge in [0.2, 0.25) is 0 Å². The second-order valence-electron chi connectivity index (χ2n) is 5.38. The summed E-state index contributed by atoms with van der Waals surface area (Å²) >= 11 is 0. The molecule has 0 saturated carbocycles. The zero-order chi connectivity index (χ0) is 15.3. The maximum Gasteiger partial charge on any atom is 0.279 e. The molecule has 3 aromatic rings. The van der Waals surface area contributed by atoms with E-state index in [0.717, 1.165) is 16.8 Å². The van der Waals surface area contributed by atoms with E-state index in [4.69, 9.17) is 0 Å². The molecule has 1 heterocycles. The Morgan fingerprint density at radius 1 is 0.955 bits per heavy atom. The Hall–Kier alpha value is -2.69. The Morgan fingerprint density at radius 3 is 2.45 bits per heavy atom. The van der Waals surface area contributed by atoms with E-state index in [0.29, 0.717) is 24.1 Å². The summed E-state index contributed by atoms with van der Waals surface area (Å²) in [7, 11) is 0. The zero-order valence-electron chi connectivity index (χ0n) is 11.6. The van der Waals surface area contributed by atoms with Crippen LogP contribution in [-0.2, 0) is 12.8 Å². The van der Waals surface area contributed by atoms with Crippen LogP contribution in [0.3, 0.4) is 0 Å². The first-order valence-electron chi connectivity index (χ1n) is 7.02. The molecule has 2 aromatic carbocycles. The molecule has 0 aliphatic heterocycles. The van der Waals surface area contributed by atoms with Gasteiger partial charge in [-0.25, -0.2) is 13.5 Å². The van der Waals surface area contributed by atoms with E-state index in [1.165, 1.54) is 28.9 Å². The molecule has 0 atom stereocenters. The molecule has 1 aliphatic rings. The fourth-order valence-corrected chi connectivity index (χ4v) is 2.99. The summed E-state index contributed by atoms with van der Waals surface area (Å²) in [5.41, 5.74) is 3.39. The Kier molecular flexibility index (Phi) is 2.76. The van der Waals surface area contributed by atoms with Crippen LogP contribution in [0.15, 0.2) is 47.3 Å². The molecule has 1 N–H and O–H groups in total. The lowest BCUT2D eigenvalue weighted by atomic mass is 9.90. The molecular weight excluding hydrogens is 286 g/mol. The van der Waals surface area contributed by atoms with Crippen LogP contribution in [0.4, 0.5) is 8.78 Å². The van der Waals surface area contributed by atoms with Gasteiger partial charge in [0.25, 0.3) is 5.56 Å². The topological polar surface area (TPSA) is 37.8 Å². The summed E-state index contributed by atoms with van der Waals surface area (Å²) < 4.78 is 27.8. The first-order valence-corrected chi connectivity index (χ1v) is 7.02. The number of hydrogen-bond donors (Lipinski definition) is 1. The zero-order valence-corrected chi connectivity index (χ0v) is 11.6. The van der Waals surface area contributed by atoms with Gasteiger partial charge in [-0.05, 0) is 60.4 Å². The number of halogens is 2. The van der Waals surface area contributed by atoms with Crippen LogP contribution in [-0.4, -0.2) is 9.78 Å². The molecule has 5 heteroatoms. The fraction of sp³-hybridized carbons (Fsp3) is 0.118. The summed E-state index contributed by atoms with van der Waals surface area (Å²) in [6.07, 6.45) is 1.33. The summed E-state index contributed by atoms with van der Waals surface area (Å²) in [5.74, 6) is -0.648. The molecule has 4 rings (SSSR count). The predicted octanol–water partition coefficient (Wildman–Crippen LogP) is 3.21. The van der Waals surface area contributed by atoms with E-state index in [1.807, 2.05) is 0 Å². The van der Waals surface area contributed by atoms with Crippen molar-refractivity contribution in [2.45, 2.75) is 12.8 Å². The quantitative estimate of drug-likeness (QED) is 0.736. The second kappa shape index (κ2) is 4.66. The number of H-pyrrole nitrogens is 1. The molecule has 1 aromatic heterocycles. The molecule has 0 radical (unpaired) electrons. The minimum absolute atomic E-state index is 0.200. The van der Waals surface area contributed by atoms with Gasteiger partial charge < -0.3 is 0 Å². The number of benzene rings is 2. The van der Waals surface area contributed by atoms with Gasteiger partial charge in [-0.3, -0.25) is 9.89 Å². The predicted molar refractivity (Wildman–Crippen MR) is 79.1 cm³/mol. The molecule has 0 saturated heterocycles. The van der Waals surface area contributed by atoms with Crippen molar-refractivity contribution in [1.29, 1.82) is 0 Å². The molecular formula is C17H12F2N2O. The highest BCUT2D eigenvalue weighted by Gasteiger charge is 2.23. The first kappa shape index (κ1) is 13.0. The summed E-state index contributed by atoms with van der Waals surface area (Å²) in [6.45, 7) is 0. The minimum Gasteiger partial charge on any atom is -0.294 e. The van der Waals surface area contributed by atoms with Gasteiger partial charge in [-0.1, -0.05) is 6.07 Å². The smallest absolute Gasteiger partial charge is 0.279 e. The monoisotopic (exact) mass is 298 g/mol. The van der Waals surface area contributed by atoms with E-state index >= 15 is 0 Å². The van der Waals surface area contributed by atoms with Crippen molar-refractivity contribution in [1.82, 2.24) is 9.78 Å². The Bertz CT molecular complexity index is 923. The molecule has 110 valence electrons. The number of hydrogen-bond acceptors (Lipinski definition) is 1. The van der Waals surface area contributed by atoms with E-state index in [2.05, 4.69) is 5.10 Å². The van der Waals surface area contributed by atoms with Crippen molar-refractivity contribution < 1.29 is 8.78 Å². The standard InChI is InChI=1S/C17H12F2N2O/c18-11-2-5-13(6-3-11)21-17(22)16-14-7-4-12(19)9-10(14)1-8-15(16)20-21/h2-7,9,20H,1,8H2. The molecule has 0 unspecified atom stereocenters. The van der Waals surface area contributed by atoms with Gasteiger partial charge >= 0.3 is 0 Å². The third kappa shape index (κ3) is 1.89. The number of aromatic nitrogens is 2. The highest BCUT2D eigenvalue weighted by molar-refractivity contribution is 5.71. The highest BCUT2D eigenvalue weighted by atomic mass is 19.1. The fourth-order valence-electron chi connectivity index (χ4n) is 2.99.